The van der Waals surface area contributed by atoms with Crippen LogP contribution in [0.15, 0.2) is 48.8 Å². The Labute approximate surface area is 103 Å². The number of hydrogen-bond donors (Lipinski definition) is 1. The van der Waals surface area contributed by atoms with Crippen LogP contribution in [0.4, 0.5) is 5.69 Å². The van der Waals surface area contributed by atoms with Crippen molar-refractivity contribution in [3.05, 3.63) is 53.8 Å². The van der Waals surface area contributed by atoms with E-state index < -0.39 is 0 Å². The monoisotopic (exact) mass is 243 g/mol. The standard InChI is InChI=1S/C13H10ClN3/c14-10-3-6-12-7-16-13(17(12)8-10)9-1-4-11(15)5-2-9/h1-8H,15H2. The molecule has 0 spiro atoms. The van der Waals surface area contributed by atoms with E-state index in [-0.39, 0.29) is 0 Å². The van der Waals surface area contributed by atoms with E-state index in [0.717, 1.165) is 22.6 Å². The van der Waals surface area contributed by atoms with Crippen LogP contribution in [0.3, 0.4) is 0 Å². The molecule has 0 saturated heterocycles. The van der Waals surface area contributed by atoms with Crippen LogP contribution in [0, 0.1) is 0 Å². The van der Waals surface area contributed by atoms with Gasteiger partial charge in [-0.1, -0.05) is 11.6 Å². The molecule has 0 fully saturated rings. The van der Waals surface area contributed by atoms with E-state index in [1.165, 1.54) is 0 Å². The van der Waals surface area contributed by atoms with Crippen molar-refractivity contribution in [3.63, 3.8) is 0 Å². The first-order valence-electron chi connectivity index (χ1n) is 5.22. The van der Waals surface area contributed by atoms with Crippen molar-refractivity contribution in [2.75, 3.05) is 5.73 Å². The lowest BCUT2D eigenvalue weighted by atomic mass is 10.2. The van der Waals surface area contributed by atoms with Crippen LogP contribution >= 0.6 is 11.6 Å². The molecule has 3 aromatic rings. The van der Waals surface area contributed by atoms with Crippen LogP contribution in [0.25, 0.3) is 16.9 Å². The first kappa shape index (κ1) is 10.2. The van der Waals surface area contributed by atoms with Gasteiger partial charge in [0.05, 0.1) is 16.7 Å². The van der Waals surface area contributed by atoms with Crippen molar-refractivity contribution in [2.24, 2.45) is 0 Å². The summed E-state index contributed by atoms with van der Waals surface area (Å²) in [5, 5.41) is 0.687. The van der Waals surface area contributed by atoms with Gasteiger partial charge in [-0.05, 0) is 36.4 Å². The molecule has 0 atom stereocenters. The molecule has 0 saturated carbocycles. The van der Waals surface area contributed by atoms with Crippen LogP contribution in [0.5, 0.6) is 0 Å². The number of fused-ring (bicyclic) bond motifs is 1. The number of pyridine rings is 1. The zero-order valence-corrected chi connectivity index (χ0v) is 9.72. The minimum absolute atomic E-state index is 0.687. The molecule has 2 N–H and O–H groups in total. The fraction of sp³-hybridized carbons (Fsp3) is 0. The molecule has 0 unspecified atom stereocenters. The van der Waals surface area contributed by atoms with Crippen LogP contribution < -0.4 is 5.73 Å². The van der Waals surface area contributed by atoms with Crippen LogP contribution in [-0.2, 0) is 0 Å². The maximum atomic E-state index is 5.99. The smallest absolute Gasteiger partial charge is 0.144 e. The van der Waals surface area contributed by atoms with Gasteiger partial charge in [0.2, 0.25) is 0 Å². The van der Waals surface area contributed by atoms with Gasteiger partial charge in [-0.15, -0.1) is 0 Å². The molecule has 2 aromatic heterocycles. The minimum Gasteiger partial charge on any atom is -0.399 e. The third kappa shape index (κ3) is 1.74. The third-order valence-corrected chi connectivity index (χ3v) is 2.88. The van der Waals surface area contributed by atoms with Crippen molar-refractivity contribution in [1.29, 1.82) is 0 Å². The molecule has 0 aliphatic carbocycles. The van der Waals surface area contributed by atoms with Gasteiger partial charge < -0.3 is 5.73 Å². The molecule has 0 aliphatic rings. The molecular weight excluding hydrogens is 234 g/mol. The SMILES string of the molecule is Nc1ccc(-c2ncc3ccc(Cl)cn23)cc1. The number of hydrogen-bond acceptors (Lipinski definition) is 2. The van der Waals surface area contributed by atoms with E-state index in [9.17, 15) is 0 Å². The number of aromatic nitrogens is 2. The lowest BCUT2D eigenvalue weighted by Gasteiger charge is -2.02. The molecule has 4 heteroatoms. The van der Waals surface area contributed by atoms with Crippen molar-refractivity contribution < 1.29 is 0 Å². The summed E-state index contributed by atoms with van der Waals surface area (Å²) >= 11 is 5.99. The number of imidazole rings is 1. The van der Waals surface area contributed by atoms with Gasteiger partial charge >= 0.3 is 0 Å². The summed E-state index contributed by atoms with van der Waals surface area (Å²) in [5.74, 6) is 0.863. The minimum atomic E-state index is 0.687. The van der Waals surface area contributed by atoms with Crippen molar-refractivity contribution in [1.82, 2.24) is 9.38 Å². The molecule has 3 rings (SSSR count). The Morgan fingerprint density at radius 1 is 1.06 bits per heavy atom. The normalized spacial score (nSPS) is 10.9. The summed E-state index contributed by atoms with van der Waals surface area (Å²) in [4.78, 5) is 4.40. The molecule has 0 radical (unpaired) electrons. The summed E-state index contributed by atoms with van der Waals surface area (Å²) < 4.78 is 1.97. The Hall–Kier alpha value is -2.00. The van der Waals surface area contributed by atoms with Crippen LogP contribution in [0.2, 0.25) is 5.02 Å². The second-order valence-corrected chi connectivity index (χ2v) is 4.28. The van der Waals surface area contributed by atoms with Gasteiger partial charge in [0, 0.05) is 17.4 Å². The van der Waals surface area contributed by atoms with E-state index in [1.807, 2.05) is 53.2 Å². The third-order valence-electron chi connectivity index (χ3n) is 2.66. The number of halogens is 1. The predicted molar refractivity (Wildman–Crippen MR) is 70.1 cm³/mol. The summed E-state index contributed by atoms with van der Waals surface area (Å²) in [6.07, 6.45) is 3.68. The number of nitrogens with two attached hydrogens (primary N) is 1. The number of anilines is 1. The average molecular weight is 244 g/mol. The summed E-state index contributed by atoms with van der Waals surface area (Å²) in [5.41, 5.74) is 8.44. The van der Waals surface area contributed by atoms with Gasteiger partial charge in [-0.2, -0.15) is 0 Å². The summed E-state index contributed by atoms with van der Waals surface area (Å²) in [6, 6.07) is 11.4. The molecule has 0 aliphatic heterocycles. The maximum Gasteiger partial charge on any atom is 0.144 e. The number of nitrogens with zero attached hydrogens (tertiary/aromatic N) is 2. The van der Waals surface area contributed by atoms with E-state index >= 15 is 0 Å². The van der Waals surface area contributed by atoms with E-state index in [0.29, 0.717) is 5.02 Å². The highest BCUT2D eigenvalue weighted by Crippen LogP contribution is 2.22. The van der Waals surface area contributed by atoms with E-state index in [2.05, 4.69) is 4.98 Å². The Bertz CT molecular complexity index is 671. The lowest BCUT2D eigenvalue weighted by molar-refractivity contribution is 1.16. The highest BCUT2D eigenvalue weighted by Gasteiger charge is 2.06. The lowest BCUT2D eigenvalue weighted by Crippen LogP contribution is -1.90. The first-order valence-corrected chi connectivity index (χ1v) is 5.60. The Balaban J connectivity index is 2.23. The van der Waals surface area contributed by atoms with Gasteiger partial charge in [0.15, 0.2) is 0 Å². The zero-order chi connectivity index (χ0) is 11.8. The highest BCUT2D eigenvalue weighted by atomic mass is 35.5. The first-order chi connectivity index (χ1) is 8.24. The highest BCUT2D eigenvalue weighted by molar-refractivity contribution is 6.30. The zero-order valence-electron chi connectivity index (χ0n) is 8.97. The molecule has 17 heavy (non-hydrogen) atoms. The van der Waals surface area contributed by atoms with Crippen molar-refractivity contribution >= 4 is 22.8 Å². The molecule has 0 bridgehead atoms. The van der Waals surface area contributed by atoms with Crippen LogP contribution in [0.1, 0.15) is 0 Å². The number of nitrogen functional groups attached to an aromatic ring is 1. The Morgan fingerprint density at radius 2 is 1.82 bits per heavy atom. The molecule has 84 valence electrons. The van der Waals surface area contributed by atoms with Gasteiger partial charge in [0.25, 0.3) is 0 Å². The molecule has 2 heterocycles. The summed E-state index contributed by atoms with van der Waals surface area (Å²) in [6.45, 7) is 0. The number of benzene rings is 1. The predicted octanol–water partition coefficient (Wildman–Crippen LogP) is 3.24. The van der Waals surface area contributed by atoms with E-state index in [4.69, 9.17) is 17.3 Å². The fourth-order valence-electron chi connectivity index (χ4n) is 1.81. The van der Waals surface area contributed by atoms with Crippen molar-refractivity contribution in [2.45, 2.75) is 0 Å². The Kier molecular flexibility index (Phi) is 2.27. The quantitative estimate of drug-likeness (QED) is 0.667. The topological polar surface area (TPSA) is 43.3 Å². The maximum absolute atomic E-state index is 5.99. The summed E-state index contributed by atoms with van der Waals surface area (Å²) in [7, 11) is 0. The second kappa shape index (κ2) is 3.79. The molecule has 1 aromatic carbocycles. The average Bonchev–Trinajstić information content (AvgIpc) is 2.73. The van der Waals surface area contributed by atoms with Crippen molar-refractivity contribution in [3.8, 4) is 11.4 Å². The second-order valence-electron chi connectivity index (χ2n) is 3.85. The van der Waals surface area contributed by atoms with Crippen LogP contribution in [-0.4, -0.2) is 9.38 Å². The number of rotatable bonds is 1. The van der Waals surface area contributed by atoms with Gasteiger partial charge in [0.1, 0.15) is 5.82 Å². The fourth-order valence-corrected chi connectivity index (χ4v) is 1.97. The molecule has 0 amide bonds. The van der Waals surface area contributed by atoms with Gasteiger partial charge in [-0.3, -0.25) is 4.40 Å². The Morgan fingerprint density at radius 3 is 2.59 bits per heavy atom. The van der Waals surface area contributed by atoms with Gasteiger partial charge in [-0.25, -0.2) is 4.98 Å². The molecule has 3 nitrogen and oxygen atoms in total. The largest absolute Gasteiger partial charge is 0.399 e. The molecular formula is C13H10ClN3. The van der Waals surface area contributed by atoms with E-state index in [1.54, 1.807) is 0 Å².